The van der Waals surface area contributed by atoms with Gasteiger partial charge in [-0.25, -0.2) is 14.6 Å². The second kappa shape index (κ2) is 13.4. The number of rotatable bonds is 9. The molecular weight excluding hydrogens is 518 g/mol. The molecule has 214 valence electrons. The van der Waals surface area contributed by atoms with Crippen LogP contribution in [-0.4, -0.2) is 59.1 Å². The van der Waals surface area contributed by atoms with Gasteiger partial charge >= 0.3 is 12.1 Å². The van der Waals surface area contributed by atoms with Crippen molar-refractivity contribution >= 4 is 29.7 Å². The Kier molecular flexibility index (Phi) is 9.68. The van der Waals surface area contributed by atoms with E-state index in [-0.39, 0.29) is 11.8 Å². The van der Waals surface area contributed by atoms with Crippen molar-refractivity contribution in [1.29, 1.82) is 0 Å². The summed E-state index contributed by atoms with van der Waals surface area (Å²) in [6.07, 6.45) is 4.91. The Morgan fingerprint density at radius 3 is 2.34 bits per heavy atom. The van der Waals surface area contributed by atoms with Gasteiger partial charge in [-0.1, -0.05) is 54.6 Å². The molecule has 0 radical (unpaired) electrons. The van der Waals surface area contributed by atoms with Gasteiger partial charge in [0.2, 0.25) is 0 Å². The summed E-state index contributed by atoms with van der Waals surface area (Å²) in [5, 5.41) is 0. The summed E-state index contributed by atoms with van der Waals surface area (Å²) < 4.78 is 10.7. The minimum Gasteiger partial charge on any atom is -0.463 e. The minimum absolute atomic E-state index is 0.00119. The maximum atomic E-state index is 13.3. The first-order valence-electron chi connectivity index (χ1n) is 13.9. The predicted molar refractivity (Wildman–Crippen MR) is 159 cm³/mol. The molecule has 1 saturated heterocycles. The molecular formula is C33H37N3O5. The number of pyridine rings is 1. The average molecular weight is 556 g/mol. The molecule has 0 N–H and O–H groups in total. The van der Waals surface area contributed by atoms with Gasteiger partial charge in [0, 0.05) is 43.0 Å². The number of esters is 1. The summed E-state index contributed by atoms with van der Waals surface area (Å²) >= 11 is 0. The van der Waals surface area contributed by atoms with Gasteiger partial charge in [0.25, 0.3) is 0 Å². The van der Waals surface area contributed by atoms with Crippen LogP contribution in [0.15, 0.2) is 79.0 Å². The highest BCUT2D eigenvalue weighted by atomic mass is 16.6. The largest absolute Gasteiger partial charge is 0.463 e. The lowest BCUT2D eigenvalue weighted by Crippen LogP contribution is -2.45. The fraction of sp³-hybridized carbons (Fsp3) is 0.333. The second-order valence-electron chi connectivity index (χ2n) is 11.0. The van der Waals surface area contributed by atoms with Crippen LogP contribution < -0.4 is 4.90 Å². The third-order valence-electron chi connectivity index (χ3n) is 6.58. The first kappa shape index (κ1) is 29.7. The maximum Gasteiger partial charge on any atom is 0.416 e. The third-order valence-corrected chi connectivity index (χ3v) is 6.58. The lowest BCUT2D eigenvalue weighted by molar-refractivity contribution is -0.137. The number of ether oxygens (including phenoxy) is 2. The van der Waals surface area contributed by atoms with Crippen LogP contribution >= 0.6 is 0 Å². The van der Waals surface area contributed by atoms with Gasteiger partial charge in [0.1, 0.15) is 11.4 Å². The number of carbonyl (C=O) groups excluding carboxylic acids is 3. The van der Waals surface area contributed by atoms with Crippen LogP contribution in [-0.2, 0) is 20.8 Å². The summed E-state index contributed by atoms with van der Waals surface area (Å²) in [6.45, 7) is 9.73. The Labute approximate surface area is 241 Å². The van der Waals surface area contributed by atoms with Crippen LogP contribution in [0.1, 0.15) is 61.2 Å². The average Bonchev–Trinajstić information content (AvgIpc) is 3.40. The van der Waals surface area contributed by atoms with Crippen LogP contribution in [0.2, 0.25) is 0 Å². The summed E-state index contributed by atoms with van der Waals surface area (Å²) in [5.74, 6) is 0.0693. The van der Waals surface area contributed by atoms with Crippen LogP contribution in [0.25, 0.3) is 6.08 Å². The van der Waals surface area contributed by atoms with Crippen molar-refractivity contribution in [3.05, 3.63) is 101 Å². The third kappa shape index (κ3) is 8.35. The number of ketones is 1. The highest BCUT2D eigenvalue weighted by Crippen LogP contribution is 2.26. The van der Waals surface area contributed by atoms with E-state index in [1.807, 2.05) is 75.4 Å². The molecule has 1 amide bonds. The molecule has 0 aliphatic carbocycles. The molecule has 4 rings (SSSR count). The van der Waals surface area contributed by atoms with Crippen LogP contribution in [0.5, 0.6) is 0 Å². The number of amides is 1. The molecule has 1 fully saturated rings. The lowest BCUT2D eigenvalue weighted by Gasteiger charge is -2.31. The lowest BCUT2D eigenvalue weighted by atomic mass is 10.0. The monoisotopic (exact) mass is 555 g/mol. The summed E-state index contributed by atoms with van der Waals surface area (Å²) in [5.41, 5.74) is 2.47. The number of hydrogen-bond acceptors (Lipinski definition) is 7. The summed E-state index contributed by atoms with van der Waals surface area (Å²) in [4.78, 5) is 46.2. The molecule has 8 heteroatoms. The highest BCUT2D eigenvalue weighted by Gasteiger charge is 2.35. The molecule has 1 atom stereocenters. The molecule has 1 aliphatic rings. The first-order chi connectivity index (χ1) is 19.6. The molecule has 1 aromatic heterocycles. The van der Waals surface area contributed by atoms with Gasteiger partial charge in [-0.05, 0) is 63.5 Å². The normalized spacial score (nSPS) is 15.6. The van der Waals surface area contributed by atoms with E-state index in [2.05, 4.69) is 9.88 Å². The molecule has 2 heterocycles. The van der Waals surface area contributed by atoms with Crippen molar-refractivity contribution in [2.45, 2.75) is 52.3 Å². The van der Waals surface area contributed by atoms with Gasteiger partial charge in [-0.2, -0.15) is 0 Å². The number of aromatic nitrogens is 1. The standard InChI is InChI=1S/C33H37N3O5/c1-5-40-30(37)18-14-24-13-17-29(34-21-24)36(32(39)41-33(2,3)4)28-19-20-35(23-28)22-25-11-15-27(16-12-25)31(38)26-9-7-6-8-10-26/h6-18,21,28H,5,19-20,22-23H2,1-4H3/b18-14+/t28-/m1/s1. The van der Waals surface area contributed by atoms with Crippen molar-refractivity contribution in [2.24, 2.45) is 0 Å². The Morgan fingerprint density at radius 2 is 1.71 bits per heavy atom. The van der Waals surface area contributed by atoms with E-state index in [9.17, 15) is 14.4 Å². The molecule has 2 aromatic carbocycles. The summed E-state index contributed by atoms with van der Waals surface area (Å²) in [7, 11) is 0. The van der Waals surface area contributed by atoms with E-state index < -0.39 is 17.7 Å². The van der Waals surface area contributed by atoms with Gasteiger partial charge < -0.3 is 9.47 Å². The van der Waals surface area contributed by atoms with Gasteiger partial charge in [0.15, 0.2) is 5.78 Å². The molecule has 3 aromatic rings. The second-order valence-corrected chi connectivity index (χ2v) is 11.0. The predicted octanol–water partition coefficient (Wildman–Crippen LogP) is 5.90. The van der Waals surface area contributed by atoms with E-state index in [4.69, 9.17) is 9.47 Å². The zero-order valence-electron chi connectivity index (χ0n) is 24.1. The Morgan fingerprint density at radius 1 is 1.00 bits per heavy atom. The topological polar surface area (TPSA) is 89.0 Å². The van der Waals surface area contributed by atoms with Crippen molar-refractivity contribution in [3.8, 4) is 0 Å². The zero-order chi connectivity index (χ0) is 29.4. The van der Waals surface area contributed by atoms with E-state index in [0.29, 0.717) is 42.2 Å². The van der Waals surface area contributed by atoms with Crippen molar-refractivity contribution in [2.75, 3.05) is 24.6 Å². The van der Waals surface area contributed by atoms with Crippen molar-refractivity contribution < 1.29 is 23.9 Å². The summed E-state index contributed by atoms with van der Waals surface area (Å²) in [6, 6.07) is 20.4. The van der Waals surface area contributed by atoms with Gasteiger partial charge in [0.05, 0.1) is 12.6 Å². The number of likely N-dealkylation sites (tertiary alicyclic amines) is 1. The molecule has 0 unspecified atom stereocenters. The number of anilines is 1. The SMILES string of the molecule is CCOC(=O)/C=C/c1ccc(N(C(=O)OC(C)(C)C)[C@@H]2CCN(Cc3ccc(C(=O)c4ccccc4)cc3)C2)nc1. The Balaban J connectivity index is 1.44. The maximum absolute atomic E-state index is 13.3. The highest BCUT2D eigenvalue weighted by molar-refractivity contribution is 6.08. The minimum atomic E-state index is -0.658. The molecule has 8 nitrogen and oxygen atoms in total. The van der Waals surface area contributed by atoms with E-state index in [1.165, 1.54) is 6.08 Å². The van der Waals surface area contributed by atoms with Gasteiger partial charge in [-0.15, -0.1) is 0 Å². The number of benzene rings is 2. The first-order valence-corrected chi connectivity index (χ1v) is 13.9. The van der Waals surface area contributed by atoms with Crippen LogP contribution in [0.4, 0.5) is 10.6 Å². The van der Waals surface area contributed by atoms with Crippen molar-refractivity contribution in [1.82, 2.24) is 9.88 Å². The van der Waals surface area contributed by atoms with E-state index >= 15 is 0 Å². The van der Waals surface area contributed by atoms with Crippen molar-refractivity contribution in [3.63, 3.8) is 0 Å². The Hall–Kier alpha value is -4.30. The Bertz CT molecular complexity index is 1360. The van der Waals surface area contributed by atoms with E-state index in [1.54, 1.807) is 36.2 Å². The van der Waals surface area contributed by atoms with Crippen LogP contribution in [0.3, 0.4) is 0 Å². The molecule has 0 spiro atoms. The van der Waals surface area contributed by atoms with Crippen LogP contribution in [0, 0.1) is 0 Å². The smallest absolute Gasteiger partial charge is 0.416 e. The molecule has 0 bridgehead atoms. The quantitative estimate of drug-likeness (QED) is 0.184. The number of carbonyl (C=O) groups is 3. The fourth-order valence-corrected chi connectivity index (χ4v) is 4.68. The fourth-order valence-electron chi connectivity index (χ4n) is 4.68. The number of nitrogens with zero attached hydrogens (tertiary/aromatic N) is 3. The zero-order valence-corrected chi connectivity index (χ0v) is 24.1. The molecule has 0 saturated carbocycles. The van der Waals surface area contributed by atoms with Gasteiger partial charge in [-0.3, -0.25) is 14.6 Å². The van der Waals surface area contributed by atoms with E-state index in [0.717, 1.165) is 18.5 Å². The molecule has 1 aliphatic heterocycles. The number of hydrogen-bond donors (Lipinski definition) is 0. The molecule has 41 heavy (non-hydrogen) atoms.